The molecule has 0 amide bonds. The first kappa shape index (κ1) is 22.8. The smallest absolute Gasteiger partial charge is 0.343 e. The van der Waals surface area contributed by atoms with Gasteiger partial charge in [-0.25, -0.2) is 4.79 Å². The van der Waals surface area contributed by atoms with Gasteiger partial charge in [0.25, 0.3) is 0 Å². The van der Waals surface area contributed by atoms with E-state index >= 15 is 0 Å². The zero-order valence-corrected chi connectivity index (χ0v) is 18.2. The van der Waals surface area contributed by atoms with Crippen molar-refractivity contribution in [2.75, 3.05) is 0 Å². The van der Waals surface area contributed by atoms with Gasteiger partial charge in [-0.15, -0.1) is 0 Å². The molecule has 0 saturated heterocycles. The Hall–Kier alpha value is -2.49. The van der Waals surface area contributed by atoms with Crippen molar-refractivity contribution in [3.8, 4) is 0 Å². The molecular weight excluding hydrogens is 364 g/mol. The first-order valence-corrected chi connectivity index (χ1v) is 10.5. The number of hydrogen-bond acceptors (Lipinski definition) is 4. The number of cyclic esters (lactones) is 1. The summed E-state index contributed by atoms with van der Waals surface area (Å²) in [7, 11) is 0. The van der Waals surface area contributed by atoms with Gasteiger partial charge in [0.2, 0.25) is 0 Å². The van der Waals surface area contributed by atoms with Gasteiger partial charge < -0.3 is 14.3 Å². The number of esters is 1. The van der Waals surface area contributed by atoms with Crippen molar-refractivity contribution < 1.29 is 19.1 Å². The molecule has 1 aromatic heterocycles. The van der Waals surface area contributed by atoms with Crippen molar-refractivity contribution >= 4 is 5.97 Å². The summed E-state index contributed by atoms with van der Waals surface area (Å²) in [5.74, 6) is 0.0815. The van der Waals surface area contributed by atoms with Crippen LogP contribution in [0.2, 0.25) is 0 Å². The van der Waals surface area contributed by atoms with Gasteiger partial charge in [-0.05, 0) is 89.3 Å². The van der Waals surface area contributed by atoms with Crippen LogP contribution in [-0.2, 0) is 16.0 Å². The van der Waals surface area contributed by atoms with Crippen LogP contribution in [0.1, 0.15) is 71.8 Å². The molecular formula is C25H34O4. The molecule has 0 radical (unpaired) electrons. The second-order valence-electron chi connectivity index (χ2n) is 8.07. The lowest BCUT2D eigenvalue weighted by Crippen LogP contribution is -1.97. The summed E-state index contributed by atoms with van der Waals surface area (Å²) >= 11 is 0. The number of rotatable bonds is 11. The molecule has 1 aliphatic rings. The fraction of sp³-hybridized carbons (Fsp3) is 0.480. The molecule has 0 bridgehead atoms. The fourth-order valence-electron chi connectivity index (χ4n) is 3.33. The van der Waals surface area contributed by atoms with Crippen LogP contribution in [0.4, 0.5) is 0 Å². The van der Waals surface area contributed by atoms with E-state index in [2.05, 4.69) is 32.9 Å². The standard InChI is InChI=1S/C25H34O4/c1-18(8-5-9-19(2)11-7-13-22-14-15-28-17-22)10-6-12-20(3)16-23-24(26)21(4)25(27)29-23/h8,11,14-17,20,26H,5-7,9-10,12-13H2,1-4H3/b18-8+,19-11+,23-16?. The number of aryl methyl sites for hydroxylation is 1. The van der Waals surface area contributed by atoms with Crippen LogP contribution in [0.15, 0.2) is 69.5 Å². The highest BCUT2D eigenvalue weighted by Crippen LogP contribution is 2.26. The maximum atomic E-state index is 11.4. The second kappa shape index (κ2) is 11.5. The van der Waals surface area contributed by atoms with Crippen LogP contribution in [0.25, 0.3) is 0 Å². The highest BCUT2D eigenvalue weighted by atomic mass is 16.6. The molecule has 1 atom stereocenters. The summed E-state index contributed by atoms with van der Waals surface area (Å²) in [5.41, 5.74) is 4.39. The van der Waals surface area contributed by atoms with E-state index in [0.717, 1.165) is 44.9 Å². The van der Waals surface area contributed by atoms with E-state index in [1.165, 1.54) is 16.7 Å². The zero-order valence-electron chi connectivity index (χ0n) is 18.2. The second-order valence-corrected chi connectivity index (χ2v) is 8.07. The van der Waals surface area contributed by atoms with Gasteiger partial charge in [0, 0.05) is 0 Å². The van der Waals surface area contributed by atoms with E-state index in [-0.39, 0.29) is 17.3 Å². The molecule has 0 aliphatic carbocycles. The number of carbonyl (C=O) groups excluding carboxylic acids is 1. The lowest BCUT2D eigenvalue weighted by Gasteiger charge is -2.08. The topological polar surface area (TPSA) is 59.7 Å². The van der Waals surface area contributed by atoms with E-state index in [4.69, 9.17) is 9.15 Å². The number of ether oxygens (including phenoxy) is 1. The molecule has 1 N–H and O–H groups in total. The molecule has 0 saturated carbocycles. The van der Waals surface area contributed by atoms with Crippen molar-refractivity contribution in [3.63, 3.8) is 0 Å². The molecule has 1 unspecified atom stereocenters. The van der Waals surface area contributed by atoms with Crippen molar-refractivity contribution in [2.24, 2.45) is 5.92 Å². The molecule has 0 spiro atoms. The van der Waals surface area contributed by atoms with Crippen molar-refractivity contribution in [3.05, 3.63) is 70.6 Å². The Morgan fingerprint density at radius 1 is 1.17 bits per heavy atom. The Morgan fingerprint density at radius 3 is 2.55 bits per heavy atom. The predicted molar refractivity (Wildman–Crippen MR) is 116 cm³/mol. The molecule has 158 valence electrons. The molecule has 4 nitrogen and oxygen atoms in total. The molecule has 2 rings (SSSR count). The van der Waals surface area contributed by atoms with E-state index in [1.54, 1.807) is 13.2 Å². The fourth-order valence-corrected chi connectivity index (χ4v) is 3.33. The van der Waals surface area contributed by atoms with Gasteiger partial charge in [-0.2, -0.15) is 0 Å². The van der Waals surface area contributed by atoms with E-state index in [0.29, 0.717) is 5.76 Å². The maximum Gasteiger partial charge on any atom is 0.343 e. The molecule has 2 heterocycles. The third-order valence-corrected chi connectivity index (χ3v) is 5.30. The minimum atomic E-state index is -0.453. The summed E-state index contributed by atoms with van der Waals surface area (Å²) in [6.07, 6.45) is 17.4. The highest BCUT2D eigenvalue weighted by molar-refractivity contribution is 5.93. The Bertz CT molecular complexity index is 791. The van der Waals surface area contributed by atoms with Crippen LogP contribution >= 0.6 is 0 Å². The lowest BCUT2D eigenvalue weighted by atomic mass is 9.99. The highest BCUT2D eigenvalue weighted by Gasteiger charge is 2.26. The normalized spacial score (nSPS) is 17.9. The summed E-state index contributed by atoms with van der Waals surface area (Å²) in [6.45, 7) is 8.05. The number of carbonyl (C=O) groups is 1. The largest absolute Gasteiger partial charge is 0.504 e. The third-order valence-electron chi connectivity index (χ3n) is 5.30. The lowest BCUT2D eigenvalue weighted by molar-refractivity contribution is -0.133. The number of aliphatic hydroxyl groups is 1. The number of allylic oxidation sites excluding steroid dienone is 5. The molecule has 1 aromatic rings. The van der Waals surface area contributed by atoms with E-state index < -0.39 is 5.97 Å². The van der Waals surface area contributed by atoms with Gasteiger partial charge >= 0.3 is 5.97 Å². The Kier molecular flexibility index (Phi) is 9.04. The van der Waals surface area contributed by atoms with Crippen LogP contribution in [0.5, 0.6) is 0 Å². The molecule has 1 aliphatic heterocycles. The molecule has 4 heteroatoms. The van der Waals surface area contributed by atoms with Gasteiger partial charge in [0.05, 0.1) is 18.1 Å². The quantitative estimate of drug-likeness (QED) is 0.323. The van der Waals surface area contributed by atoms with Crippen molar-refractivity contribution in [1.29, 1.82) is 0 Å². The van der Waals surface area contributed by atoms with Gasteiger partial charge in [-0.1, -0.05) is 30.2 Å². The molecule has 0 aromatic carbocycles. The maximum absolute atomic E-state index is 11.4. The minimum Gasteiger partial charge on any atom is -0.504 e. The number of hydrogen-bond donors (Lipinski definition) is 1. The van der Waals surface area contributed by atoms with Gasteiger partial charge in [0.15, 0.2) is 11.5 Å². The summed E-state index contributed by atoms with van der Waals surface area (Å²) < 4.78 is 10.2. The summed E-state index contributed by atoms with van der Waals surface area (Å²) in [4.78, 5) is 11.4. The Morgan fingerprint density at radius 2 is 1.90 bits per heavy atom. The molecule has 0 fully saturated rings. The van der Waals surface area contributed by atoms with Crippen molar-refractivity contribution in [1.82, 2.24) is 0 Å². The molecule has 29 heavy (non-hydrogen) atoms. The first-order chi connectivity index (χ1) is 13.9. The van der Waals surface area contributed by atoms with Crippen LogP contribution in [0.3, 0.4) is 0 Å². The summed E-state index contributed by atoms with van der Waals surface area (Å²) in [6, 6.07) is 2.02. The average molecular weight is 399 g/mol. The predicted octanol–water partition coefficient (Wildman–Crippen LogP) is 6.96. The van der Waals surface area contributed by atoms with Crippen molar-refractivity contribution in [2.45, 2.75) is 72.6 Å². The van der Waals surface area contributed by atoms with Crippen LogP contribution in [0, 0.1) is 5.92 Å². The SMILES string of the molecule is CC1=C(O)C(=CC(C)CCC/C(C)=C/CC/C(C)=C/CCc2ccoc2)OC1=O. The van der Waals surface area contributed by atoms with E-state index in [1.807, 2.05) is 18.4 Å². The minimum absolute atomic E-state index is 0.0221. The zero-order chi connectivity index (χ0) is 21.2. The third kappa shape index (κ3) is 7.80. The van der Waals surface area contributed by atoms with E-state index in [9.17, 15) is 9.90 Å². The summed E-state index contributed by atoms with van der Waals surface area (Å²) in [5, 5.41) is 9.88. The number of furan rings is 1. The van der Waals surface area contributed by atoms with Gasteiger partial charge in [0.1, 0.15) is 0 Å². The Balaban J connectivity index is 1.63. The average Bonchev–Trinajstić information content (AvgIpc) is 3.27. The number of aliphatic hydroxyl groups excluding tert-OH is 1. The van der Waals surface area contributed by atoms with Gasteiger partial charge in [-0.3, -0.25) is 0 Å². The first-order valence-electron chi connectivity index (χ1n) is 10.5. The van der Waals surface area contributed by atoms with Crippen LogP contribution in [-0.4, -0.2) is 11.1 Å². The monoisotopic (exact) mass is 398 g/mol. The Labute approximate surface area is 174 Å². The van der Waals surface area contributed by atoms with Crippen LogP contribution < -0.4 is 0 Å².